The number of rotatable bonds is 5. The molecular formula is C22H25N3O4. The minimum absolute atomic E-state index is 0.0493. The molecule has 1 aliphatic heterocycles. The fraction of sp³-hybridized carbons (Fsp3) is 0.318. The Bertz CT molecular complexity index is 941. The van der Waals surface area contributed by atoms with Crippen LogP contribution in [0.1, 0.15) is 41.3 Å². The lowest BCUT2D eigenvalue weighted by Gasteiger charge is -2.18. The van der Waals surface area contributed by atoms with Crippen molar-refractivity contribution in [2.45, 2.75) is 39.7 Å². The van der Waals surface area contributed by atoms with Gasteiger partial charge in [-0.3, -0.25) is 25.2 Å². The van der Waals surface area contributed by atoms with Crippen LogP contribution in [-0.4, -0.2) is 30.4 Å². The van der Waals surface area contributed by atoms with E-state index in [1.807, 2.05) is 26.0 Å². The number of hydrogen-bond donors (Lipinski definition) is 2. The monoisotopic (exact) mass is 395 g/mol. The smallest absolute Gasteiger partial charge is 0.279 e. The third-order valence-electron chi connectivity index (χ3n) is 5.02. The van der Waals surface area contributed by atoms with Gasteiger partial charge in [0.15, 0.2) is 6.10 Å². The molecule has 1 atom stereocenters. The van der Waals surface area contributed by atoms with E-state index in [-0.39, 0.29) is 5.91 Å². The molecule has 0 bridgehead atoms. The van der Waals surface area contributed by atoms with Crippen molar-refractivity contribution in [2.24, 2.45) is 0 Å². The van der Waals surface area contributed by atoms with Gasteiger partial charge in [0.25, 0.3) is 11.8 Å². The molecule has 0 unspecified atom stereocenters. The maximum Gasteiger partial charge on any atom is 0.279 e. The summed E-state index contributed by atoms with van der Waals surface area (Å²) in [4.78, 5) is 38.3. The highest BCUT2D eigenvalue weighted by Crippen LogP contribution is 2.23. The minimum Gasteiger partial charge on any atom is -0.481 e. The summed E-state index contributed by atoms with van der Waals surface area (Å²) < 4.78 is 5.72. The summed E-state index contributed by atoms with van der Waals surface area (Å²) in [6.45, 7) is 6.16. The molecule has 2 aromatic rings. The summed E-state index contributed by atoms with van der Waals surface area (Å²) in [5, 5.41) is 0. The number of carbonyl (C=O) groups is 3. The molecule has 2 aromatic carbocycles. The SMILES string of the molecule is Cc1cccc(O[C@H](C)C(=O)NNC(=O)c2cccc(N3CCCC3=O)c2)c1C. The molecule has 7 nitrogen and oxygen atoms in total. The number of hydrazine groups is 1. The first kappa shape index (κ1) is 20.4. The van der Waals surface area contributed by atoms with Gasteiger partial charge in [-0.15, -0.1) is 0 Å². The molecule has 0 aromatic heterocycles. The Morgan fingerprint density at radius 2 is 1.86 bits per heavy atom. The zero-order valence-corrected chi connectivity index (χ0v) is 16.8. The fourth-order valence-corrected chi connectivity index (χ4v) is 3.12. The third kappa shape index (κ3) is 4.74. The molecule has 3 amide bonds. The summed E-state index contributed by atoms with van der Waals surface area (Å²) in [5.41, 5.74) is 7.85. The summed E-state index contributed by atoms with van der Waals surface area (Å²) in [6.07, 6.45) is 0.540. The van der Waals surface area contributed by atoms with Crippen molar-refractivity contribution in [3.63, 3.8) is 0 Å². The molecular weight excluding hydrogens is 370 g/mol. The first-order valence-corrected chi connectivity index (χ1v) is 9.60. The summed E-state index contributed by atoms with van der Waals surface area (Å²) in [5.74, 6) is -0.258. The largest absolute Gasteiger partial charge is 0.481 e. The lowest BCUT2D eigenvalue weighted by molar-refractivity contribution is -0.128. The van der Waals surface area contributed by atoms with Gasteiger partial charge in [0.1, 0.15) is 5.75 Å². The highest BCUT2D eigenvalue weighted by Gasteiger charge is 2.22. The van der Waals surface area contributed by atoms with Crippen LogP contribution in [0.4, 0.5) is 5.69 Å². The molecule has 152 valence electrons. The van der Waals surface area contributed by atoms with E-state index in [1.165, 1.54) is 0 Å². The Balaban J connectivity index is 1.58. The van der Waals surface area contributed by atoms with Gasteiger partial charge in [0.05, 0.1) is 0 Å². The van der Waals surface area contributed by atoms with Gasteiger partial charge in [0, 0.05) is 24.2 Å². The lowest BCUT2D eigenvalue weighted by Crippen LogP contribution is -2.47. The first-order valence-electron chi connectivity index (χ1n) is 9.60. The van der Waals surface area contributed by atoms with Gasteiger partial charge in [-0.25, -0.2) is 0 Å². The first-order chi connectivity index (χ1) is 13.9. The number of hydrogen-bond acceptors (Lipinski definition) is 4. The van der Waals surface area contributed by atoms with E-state index in [0.717, 1.165) is 17.5 Å². The number of amides is 3. The summed E-state index contributed by atoms with van der Waals surface area (Å²) in [7, 11) is 0. The van der Waals surface area contributed by atoms with Gasteiger partial charge in [-0.1, -0.05) is 18.2 Å². The van der Waals surface area contributed by atoms with Crippen LogP contribution in [0.2, 0.25) is 0 Å². The van der Waals surface area contributed by atoms with Crippen molar-refractivity contribution in [3.8, 4) is 5.75 Å². The zero-order valence-electron chi connectivity index (χ0n) is 16.8. The Labute approximate surface area is 170 Å². The number of carbonyl (C=O) groups excluding carboxylic acids is 3. The van der Waals surface area contributed by atoms with Crippen molar-refractivity contribution >= 4 is 23.4 Å². The van der Waals surface area contributed by atoms with Crippen molar-refractivity contribution in [1.29, 1.82) is 0 Å². The second kappa shape index (κ2) is 8.77. The molecule has 0 radical (unpaired) electrons. The molecule has 2 N–H and O–H groups in total. The minimum atomic E-state index is -0.788. The molecule has 29 heavy (non-hydrogen) atoms. The van der Waals surface area contributed by atoms with Gasteiger partial charge < -0.3 is 9.64 Å². The standard InChI is InChI=1S/C22H25N3O4/c1-14-7-4-10-19(15(14)2)29-16(3)21(27)23-24-22(28)17-8-5-9-18(13-17)25-12-6-11-20(25)26/h4-5,7-10,13,16H,6,11-12H2,1-3H3,(H,23,27)(H,24,28)/t16-/m1/s1. The number of ether oxygens (including phenoxy) is 1. The van der Waals surface area contributed by atoms with Crippen molar-refractivity contribution in [2.75, 3.05) is 11.4 Å². The molecule has 0 aliphatic carbocycles. The van der Waals surface area contributed by atoms with Crippen molar-refractivity contribution in [1.82, 2.24) is 10.9 Å². The van der Waals surface area contributed by atoms with E-state index >= 15 is 0 Å². The van der Waals surface area contributed by atoms with Crippen LogP contribution < -0.4 is 20.5 Å². The average molecular weight is 395 g/mol. The number of anilines is 1. The zero-order chi connectivity index (χ0) is 21.0. The number of nitrogens with one attached hydrogen (secondary N) is 2. The molecule has 1 aliphatic rings. The Kier molecular flexibility index (Phi) is 6.16. The molecule has 0 spiro atoms. The molecule has 3 rings (SSSR count). The van der Waals surface area contributed by atoms with E-state index in [0.29, 0.717) is 30.0 Å². The summed E-state index contributed by atoms with van der Waals surface area (Å²) in [6, 6.07) is 12.4. The molecule has 1 fully saturated rings. The second-order valence-electron chi connectivity index (χ2n) is 7.10. The van der Waals surface area contributed by atoms with Gasteiger partial charge in [0.2, 0.25) is 5.91 Å². The van der Waals surface area contributed by atoms with Crippen LogP contribution in [-0.2, 0) is 9.59 Å². The van der Waals surface area contributed by atoms with Gasteiger partial charge in [-0.05, 0) is 62.6 Å². The maximum absolute atomic E-state index is 12.4. The van der Waals surface area contributed by atoms with E-state index < -0.39 is 17.9 Å². The number of aryl methyl sites for hydroxylation is 1. The van der Waals surface area contributed by atoms with Crippen LogP contribution in [0, 0.1) is 13.8 Å². The van der Waals surface area contributed by atoms with Crippen LogP contribution in [0.15, 0.2) is 42.5 Å². The molecule has 1 saturated heterocycles. The Morgan fingerprint density at radius 3 is 2.59 bits per heavy atom. The topological polar surface area (TPSA) is 87.7 Å². The predicted molar refractivity (Wildman–Crippen MR) is 110 cm³/mol. The molecule has 0 saturated carbocycles. The van der Waals surface area contributed by atoms with Crippen LogP contribution in [0.5, 0.6) is 5.75 Å². The highest BCUT2D eigenvalue weighted by molar-refractivity contribution is 5.99. The second-order valence-corrected chi connectivity index (χ2v) is 7.10. The fourth-order valence-electron chi connectivity index (χ4n) is 3.12. The Hall–Kier alpha value is -3.35. The van der Waals surface area contributed by atoms with E-state index in [9.17, 15) is 14.4 Å². The lowest BCUT2D eigenvalue weighted by atomic mass is 10.1. The van der Waals surface area contributed by atoms with Crippen LogP contribution in [0.25, 0.3) is 0 Å². The highest BCUT2D eigenvalue weighted by atomic mass is 16.5. The van der Waals surface area contributed by atoms with Crippen LogP contribution in [0.3, 0.4) is 0 Å². The van der Waals surface area contributed by atoms with E-state index in [2.05, 4.69) is 10.9 Å². The van der Waals surface area contributed by atoms with Crippen molar-refractivity contribution < 1.29 is 19.1 Å². The number of nitrogens with zero attached hydrogens (tertiary/aromatic N) is 1. The normalized spacial score (nSPS) is 14.4. The quantitative estimate of drug-likeness (QED) is 0.762. The van der Waals surface area contributed by atoms with Gasteiger partial charge in [-0.2, -0.15) is 0 Å². The Morgan fingerprint density at radius 1 is 1.10 bits per heavy atom. The van der Waals surface area contributed by atoms with Crippen molar-refractivity contribution in [3.05, 3.63) is 59.2 Å². The van der Waals surface area contributed by atoms with E-state index in [1.54, 1.807) is 42.2 Å². The average Bonchev–Trinajstić information content (AvgIpc) is 3.15. The van der Waals surface area contributed by atoms with E-state index in [4.69, 9.17) is 4.74 Å². The summed E-state index contributed by atoms with van der Waals surface area (Å²) >= 11 is 0. The van der Waals surface area contributed by atoms with Gasteiger partial charge >= 0.3 is 0 Å². The third-order valence-corrected chi connectivity index (χ3v) is 5.02. The molecule has 1 heterocycles. The molecule has 7 heteroatoms. The predicted octanol–water partition coefficient (Wildman–Crippen LogP) is 2.66. The number of benzene rings is 2. The van der Waals surface area contributed by atoms with Crippen LogP contribution >= 0.6 is 0 Å². The maximum atomic E-state index is 12.4.